The number of rotatable bonds is 1. The zero-order valence-corrected chi connectivity index (χ0v) is 13.2. The van der Waals surface area contributed by atoms with Gasteiger partial charge in [0.05, 0.1) is 0 Å². The monoisotopic (exact) mass is 278 g/mol. The first-order valence-corrected chi connectivity index (χ1v) is 8.63. The molecular formula is C17H30N2O. The minimum Gasteiger partial charge on any atom is -0.337 e. The van der Waals surface area contributed by atoms with Gasteiger partial charge in [0, 0.05) is 31.1 Å². The van der Waals surface area contributed by atoms with E-state index in [4.69, 9.17) is 0 Å². The van der Waals surface area contributed by atoms with Crippen LogP contribution in [0.3, 0.4) is 0 Å². The zero-order chi connectivity index (χ0) is 14.2. The van der Waals surface area contributed by atoms with Crippen LogP contribution in [0.25, 0.3) is 0 Å². The predicted molar refractivity (Wildman–Crippen MR) is 81.5 cm³/mol. The molecule has 0 aromatic rings. The quantitative estimate of drug-likeness (QED) is 0.800. The third-order valence-corrected chi connectivity index (χ3v) is 6.08. The highest BCUT2D eigenvalue weighted by Crippen LogP contribution is 2.42. The lowest BCUT2D eigenvalue weighted by Crippen LogP contribution is -2.49. The fraction of sp³-hybridized carbons (Fsp3) is 0.941. The number of carbonyl (C=O) groups excluding carboxylic acids is 1. The summed E-state index contributed by atoms with van der Waals surface area (Å²) in [5.74, 6) is 2.11. The van der Waals surface area contributed by atoms with Crippen LogP contribution in [0.5, 0.6) is 0 Å². The number of carbonyl (C=O) groups is 1. The third-order valence-electron chi connectivity index (χ3n) is 6.08. The van der Waals surface area contributed by atoms with E-state index in [0.29, 0.717) is 23.7 Å². The summed E-state index contributed by atoms with van der Waals surface area (Å²) < 4.78 is 0. The van der Waals surface area contributed by atoms with Gasteiger partial charge in [-0.1, -0.05) is 32.1 Å². The van der Waals surface area contributed by atoms with Gasteiger partial charge in [-0.2, -0.15) is 0 Å². The van der Waals surface area contributed by atoms with Gasteiger partial charge in [-0.25, -0.2) is 0 Å². The Kier molecular flexibility index (Phi) is 4.07. The predicted octanol–water partition coefficient (Wildman–Crippen LogP) is 2.80. The summed E-state index contributed by atoms with van der Waals surface area (Å²) in [5.41, 5.74) is 0.0492. The standard InChI is InChI=1S/C17H30N2O/c1-17(2)15-11-18-10-14(15)12-19(17)16(20)13-8-6-4-3-5-7-9-13/h13-15,18H,3-12H2,1-2H3. The lowest BCUT2D eigenvalue weighted by Gasteiger charge is -2.38. The van der Waals surface area contributed by atoms with Crippen LogP contribution < -0.4 is 5.32 Å². The van der Waals surface area contributed by atoms with Gasteiger partial charge >= 0.3 is 0 Å². The van der Waals surface area contributed by atoms with Crippen molar-refractivity contribution in [2.45, 2.75) is 64.3 Å². The first kappa shape index (κ1) is 14.4. The van der Waals surface area contributed by atoms with Crippen molar-refractivity contribution >= 4 is 5.91 Å². The second-order valence-electron chi connectivity index (χ2n) is 7.67. The molecule has 3 rings (SSSR count). The van der Waals surface area contributed by atoms with E-state index in [1.807, 2.05) is 0 Å². The highest BCUT2D eigenvalue weighted by Gasteiger charge is 2.51. The lowest BCUT2D eigenvalue weighted by atomic mass is 9.84. The second-order valence-corrected chi connectivity index (χ2v) is 7.67. The summed E-state index contributed by atoms with van der Waals surface area (Å²) in [5, 5.41) is 3.50. The average Bonchev–Trinajstić information content (AvgIpc) is 2.91. The fourth-order valence-electron chi connectivity index (χ4n) is 4.72. The Balaban J connectivity index is 1.70. The third kappa shape index (κ3) is 2.49. The van der Waals surface area contributed by atoms with Crippen LogP contribution in [0.4, 0.5) is 0 Å². The molecule has 0 aromatic heterocycles. The SMILES string of the molecule is CC1(C)C2CNCC2CN1C(=O)C1CCCCCCC1. The molecule has 114 valence electrons. The maximum absolute atomic E-state index is 13.0. The maximum Gasteiger partial charge on any atom is 0.226 e. The van der Waals surface area contributed by atoms with Gasteiger partial charge in [-0.05, 0) is 38.5 Å². The van der Waals surface area contributed by atoms with Crippen LogP contribution in [0.1, 0.15) is 58.8 Å². The molecular weight excluding hydrogens is 248 g/mol. The molecule has 3 heteroatoms. The Morgan fingerprint density at radius 3 is 2.35 bits per heavy atom. The van der Waals surface area contributed by atoms with Crippen LogP contribution in [-0.2, 0) is 4.79 Å². The summed E-state index contributed by atoms with van der Waals surface area (Å²) in [6, 6.07) is 0. The van der Waals surface area contributed by atoms with Crippen molar-refractivity contribution in [2.75, 3.05) is 19.6 Å². The molecule has 2 saturated heterocycles. The summed E-state index contributed by atoms with van der Waals surface area (Å²) in [7, 11) is 0. The van der Waals surface area contributed by atoms with E-state index in [2.05, 4.69) is 24.1 Å². The first-order valence-electron chi connectivity index (χ1n) is 8.63. The summed E-state index contributed by atoms with van der Waals surface area (Å²) >= 11 is 0. The van der Waals surface area contributed by atoms with Crippen LogP contribution >= 0.6 is 0 Å². The van der Waals surface area contributed by atoms with E-state index >= 15 is 0 Å². The van der Waals surface area contributed by atoms with Gasteiger partial charge in [0.15, 0.2) is 0 Å². The van der Waals surface area contributed by atoms with Crippen LogP contribution in [0.2, 0.25) is 0 Å². The maximum atomic E-state index is 13.0. The number of hydrogen-bond acceptors (Lipinski definition) is 2. The molecule has 1 N–H and O–H groups in total. The molecule has 0 spiro atoms. The van der Waals surface area contributed by atoms with Crippen molar-refractivity contribution in [2.24, 2.45) is 17.8 Å². The van der Waals surface area contributed by atoms with Crippen molar-refractivity contribution in [1.82, 2.24) is 10.2 Å². The molecule has 2 heterocycles. The molecule has 1 saturated carbocycles. The Morgan fingerprint density at radius 2 is 1.70 bits per heavy atom. The van der Waals surface area contributed by atoms with E-state index in [-0.39, 0.29) is 5.54 Å². The number of nitrogens with one attached hydrogen (secondary N) is 1. The summed E-state index contributed by atoms with van der Waals surface area (Å²) in [6.45, 7) is 7.74. The average molecular weight is 278 g/mol. The van der Waals surface area contributed by atoms with Crippen molar-refractivity contribution in [3.63, 3.8) is 0 Å². The van der Waals surface area contributed by atoms with E-state index in [0.717, 1.165) is 32.5 Å². The van der Waals surface area contributed by atoms with E-state index < -0.39 is 0 Å². The van der Waals surface area contributed by atoms with Gasteiger partial charge in [-0.3, -0.25) is 4.79 Å². The van der Waals surface area contributed by atoms with E-state index in [1.54, 1.807) is 0 Å². The molecule has 2 atom stereocenters. The van der Waals surface area contributed by atoms with Gasteiger partial charge in [0.1, 0.15) is 0 Å². The number of nitrogens with zero attached hydrogens (tertiary/aromatic N) is 1. The molecule has 3 fully saturated rings. The topological polar surface area (TPSA) is 32.3 Å². The van der Waals surface area contributed by atoms with Crippen LogP contribution in [0.15, 0.2) is 0 Å². The largest absolute Gasteiger partial charge is 0.337 e. The van der Waals surface area contributed by atoms with Crippen molar-refractivity contribution in [1.29, 1.82) is 0 Å². The minimum absolute atomic E-state index is 0.0492. The summed E-state index contributed by atoms with van der Waals surface area (Å²) in [4.78, 5) is 15.3. The number of amides is 1. The van der Waals surface area contributed by atoms with E-state index in [1.165, 1.54) is 32.1 Å². The molecule has 2 aliphatic heterocycles. The number of fused-ring (bicyclic) bond motifs is 1. The second kappa shape index (κ2) is 5.67. The van der Waals surface area contributed by atoms with Crippen LogP contribution in [-0.4, -0.2) is 36.0 Å². The number of hydrogen-bond donors (Lipinski definition) is 1. The molecule has 3 nitrogen and oxygen atoms in total. The van der Waals surface area contributed by atoms with E-state index in [9.17, 15) is 4.79 Å². The Labute approximate surface area is 123 Å². The summed E-state index contributed by atoms with van der Waals surface area (Å²) in [6.07, 6.45) is 8.76. The molecule has 0 radical (unpaired) electrons. The molecule has 0 aromatic carbocycles. The Hall–Kier alpha value is -0.570. The molecule has 2 unspecified atom stereocenters. The van der Waals surface area contributed by atoms with Gasteiger partial charge < -0.3 is 10.2 Å². The van der Waals surface area contributed by atoms with Crippen molar-refractivity contribution in [3.8, 4) is 0 Å². The van der Waals surface area contributed by atoms with Gasteiger partial charge in [-0.15, -0.1) is 0 Å². The number of likely N-dealkylation sites (tertiary alicyclic amines) is 1. The fourth-order valence-corrected chi connectivity index (χ4v) is 4.72. The van der Waals surface area contributed by atoms with Gasteiger partial charge in [0.25, 0.3) is 0 Å². The molecule has 3 aliphatic rings. The van der Waals surface area contributed by atoms with Crippen LogP contribution in [0, 0.1) is 17.8 Å². The molecule has 1 aliphatic carbocycles. The highest BCUT2D eigenvalue weighted by atomic mass is 16.2. The smallest absolute Gasteiger partial charge is 0.226 e. The zero-order valence-electron chi connectivity index (χ0n) is 13.2. The molecule has 1 amide bonds. The molecule has 0 bridgehead atoms. The first-order chi connectivity index (χ1) is 9.60. The Morgan fingerprint density at radius 1 is 1.05 bits per heavy atom. The van der Waals surface area contributed by atoms with Crippen molar-refractivity contribution in [3.05, 3.63) is 0 Å². The highest BCUT2D eigenvalue weighted by molar-refractivity contribution is 5.80. The minimum atomic E-state index is 0.0492. The normalized spacial score (nSPS) is 34.6. The lowest BCUT2D eigenvalue weighted by molar-refractivity contribution is -0.140. The van der Waals surface area contributed by atoms with Gasteiger partial charge in [0.2, 0.25) is 5.91 Å². The van der Waals surface area contributed by atoms with Crippen molar-refractivity contribution < 1.29 is 4.79 Å². The molecule has 20 heavy (non-hydrogen) atoms. The Bertz CT molecular complexity index is 358.